The Hall–Kier alpha value is -1.16. The molecule has 0 bridgehead atoms. The van der Waals surface area contributed by atoms with Crippen LogP contribution in [0.2, 0.25) is 0 Å². The third-order valence-electron chi connectivity index (χ3n) is 3.52. The van der Waals surface area contributed by atoms with E-state index in [1.165, 1.54) is 6.20 Å². The van der Waals surface area contributed by atoms with Crippen molar-refractivity contribution in [3.8, 4) is 6.07 Å². The lowest BCUT2D eigenvalue weighted by Gasteiger charge is -2.19. The van der Waals surface area contributed by atoms with Gasteiger partial charge in [0.1, 0.15) is 11.9 Å². The molecule has 0 saturated heterocycles. The number of anilines is 1. The van der Waals surface area contributed by atoms with Gasteiger partial charge in [-0.15, -0.1) is 0 Å². The van der Waals surface area contributed by atoms with Crippen molar-refractivity contribution in [2.75, 3.05) is 11.9 Å². The molecule has 1 aromatic rings. The van der Waals surface area contributed by atoms with Crippen LogP contribution >= 0.6 is 22.6 Å². The number of nitriles is 1. The molecule has 1 aromatic heterocycles. The van der Waals surface area contributed by atoms with Crippen LogP contribution in [0.1, 0.15) is 23.5 Å². The van der Waals surface area contributed by atoms with E-state index in [4.69, 9.17) is 5.26 Å². The number of pyridine rings is 1. The molecule has 4 nitrogen and oxygen atoms in total. The molecule has 2 aliphatic rings. The average Bonchev–Trinajstić information content (AvgIpc) is 3.15. The third-order valence-corrected chi connectivity index (χ3v) is 4.98. The molecule has 5 heteroatoms. The van der Waals surface area contributed by atoms with Crippen molar-refractivity contribution in [3.63, 3.8) is 0 Å². The number of amides is 1. The lowest BCUT2D eigenvalue weighted by molar-refractivity contribution is -0.117. The second kappa shape index (κ2) is 3.67. The van der Waals surface area contributed by atoms with Crippen molar-refractivity contribution in [2.45, 2.75) is 16.3 Å². The quantitative estimate of drug-likeness (QED) is 0.535. The largest absolute Gasteiger partial charge is 0.299 e. The minimum atomic E-state index is 0.0299. The molecule has 86 valence electrons. The smallest absolute Gasteiger partial charge is 0.241 e. The Balaban J connectivity index is 2.15. The Kier molecular flexibility index (Phi) is 2.36. The number of carbonyl (C=O) groups excluding carboxylic acids is 1. The van der Waals surface area contributed by atoms with Crippen LogP contribution in [0.25, 0.3) is 0 Å². The maximum Gasteiger partial charge on any atom is 0.241 e. The van der Waals surface area contributed by atoms with Crippen molar-refractivity contribution in [2.24, 2.45) is 5.92 Å². The van der Waals surface area contributed by atoms with Crippen LogP contribution in [0.4, 0.5) is 5.82 Å². The van der Waals surface area contributed by atoms with Gasteiger partial charge < -0.3 is 0 Å². The number of hydrogen-bond donors (Lipinski definition) is 0. The number of halogens is 1. The monoisotopic (exact) mass is 339 g/mol. The zero-order valence-corrected chi connectivity index (χ0v) is 11.4. The normalized spacial score (nSPS) is 30.1. The van der Waals surface area contributed by atoms with Crippen molar-refractivity contribution >= 4 is 34.3 Å². The van der Waals surface area contributed by atoms with Crippen LogP contribution in [-0.4, -0.2) is 21.9 Å². The summed E-state index contributed by atoms with van der Waals surface area (Å²) in [6, 6.07) is 3.99. The summed E-state index contributed by atoms with van der Waals surface area (Å²) in [4.78, 5) is 18.0. The molecule has 1 aliphatic carbocycles. The van der Waals surface area contributed by atoms with E-state index in [9.17, 15) is 4.79 Å². The summed E-state index contributed by atoms with van der Waals surface area (Å²) in [5, 5.41) is 8.91. The number of aromatic nitrogens is 1. The van der Waals surface area contributed by atoms with E-state index < -0.39 is 0 Å². The molecule has 1 saturated carbocycles. The topological polar surface area (TPSA) is 57.0 Å². The first-order chi connectivity index (χ1) is 8.13. The van der Waals surface area contributed by atoms with E-state index in [1.54, 1.807) is 11.9 Å². The van der Waals surface area contributed by atoms with Crippen LogP contribution in [0.3, 0.4) is 0 Å². The van der Waals surface area contributed by atoms with Gasteiger partial charge in [-0.1, -0.05) is 22.6 Å². The fourth-order valence-corrected chi connectivity index (χ4v) is 3.67. The summed E-state index contributed by atoms with van der Waals surface area (Å²) in [6.45, 7) is 0. The Bertz CT molecular complexity index is 551. The first-order valence-corrected chi connectivity index (χ1v) is 6.69. The first-order valence-electron chi connectivity index (χ1n) is 5.45. The van der Waals surface area contributed by atoms with Gasteiger partial charge in [-0.2, -0.15) is 5.26 Å². The van der Waals surface area contributed by atoms with E-state index in [0.29, 0.717) is 17.4 Å². The van der Waals surface area contributed by atoms with Crippen molar-refractivity contribution in [1.82, 2.24) is 4.98 Å². The van der Waals surface area contributed by atoms with Gasteiger partial charge in [0.25, 0.3) is 0 Å². The highest BCUT2D eigenvalue weighted by Crippen LogP contribution is 2.56. The van der Waals surface area contributed by atoms with E-state index in [1.807, 2.05) is 6.07 Å². The highest BCUT2D eigenvalue weighted by Gasteiger charge is 2.50. The zero-order chi connectivity index (χ0) is 12.2. The zero-order valence-electron chi connectivity index (χ0n) is 9.22. The molecule has 0 unspecified atom stereocenters. The van der Waals surface area contributed by atoms with Crippen molar-refractivity contribution in [1.29, 1.82) is 5.26 Å². The van der Waals surface area contributed by atoms with E-state index >= 15 is 0 Å². The van der Waals surface area contributed by atoms with Crippen LogP contribution < -0.4 is 4.90 Å². The van der Waals surface area contributed by atoms with Gasteiger partial charge in [-0.25, -0.2) is 4.98 Å². The highest BCUT2D eigenvalue weighted by atomic mass is 127. The Morgan fingerprint density at radius 1 is 1.65 bits per heavy atom. The Morgan fingerprint density at radius 3 is 3.12 bits per heavy atom. The van der Waals surface area contributed by atoms with Crippen molar-refractivity contribution < 1.29 is 4.79 Å². The minimum absolute atomic E-state index is 0.0299. The second-order valence-electron chi connectivity index (χ2n) is 4.55. The van der Waals surface area contributed by atoms with Gasteiger partial charge in [0.2, 0.25) is 5.91 Å². The SMILES string of the molecule is CN1C(=O)[C@H](I)[C@H]2C[C@H]2c2cc(C#N)cnc21. The molecule has 0 spiro atoms. The van der Waals surface area contributed by atoms with Crippen LogP contribution in [0, 0.1) is 17.2 Å². The molecular weight excluding hydrogens is 329 g/mol. The summed E-state index contributed by atoms with van der Waals surface area (Å²) in [7, 11) is 1.76. The molecule has 0 aromatic carbocycles. The predicted molar refractivity (Wildman–Crippen MR) is 71.0 cm³/mol. The number of fused-ring (bicyclic) bond motifs is 3. The summed E-state index contributed by atoms with van der Waals surface area (Å²) < 4.78 is 0.0299. The molecule has 1 amide bonds. The summed E-state index contributed by atoms with van der Waals surface area (Å²) in [5.41, 5.74) is 1.63. The van der Waals surface area contributed by atoms with Gasteiger partial charge in [-0.3, -0.25) is 9.69 Å². The molecule has 2 heterocycles. The fourth-order valence-electron chi connectivity index (χ4n) is 2.46. The number of nitrogens with zero attached hydrogens (tertiary/aromatic N) is 3. The highest BCUT2D eigenvalue weighted by molar-refractivity contribution is 14.1. The van der Waals surface area contributed by atoms with Gasteiger partial charge >= 0.3 is 0 Å². The van der Waals surface area contributed by atoms with Crippen LogP contribution in [0.5, 0.6) is 0 Å². The second-order valence-corrected chi connectivity index (χ2v) is 5.90. The summed E-state index contributed by atoms with van der Waals surface area (Å²) in [6.07, 6.45) is 2.57. The first kappa shape index (κ1) is 11.0. The molecular formula is C12H10IN3O. The van der Waals surface area contributed by atoms with E-state index in [0.717, 1.165) is 17.8 Å². The Morgan fingerprint density at radius 2 is 2.41 bits per heavy atom. The average molecular weight is 339 g/mol. The van der Waals surface area contributed by atoms with E-state index in [-0.39, 0.29) is 9.83 Å². The standard InChI is InChI=1S/C12H10IN3O/c1-16-11-9(2-6(4-14)5-15-11)7-3-8(7)10(13)12(16)17/h2,5,7-8,10H,3H2,1H3/t7-,8+,10-/m1/s1. The van der Waals surface area contributed by atoms with E-state index in [2.05, 4.69) is 33.6 Å². The molecule has 3 atom stereocenters. The minimum Gasteiger partial charge on any atom is -0.299 e. The van der Waals surface area contributed by atoms with Crippen LogP contribution in [-0.2, 0) is 4.79 Å². The summed E-state index contributed by atoms with van der Waals surface area (Å²) in [5.74, 6) is 1.67. The number of hydrogen-bond acceptors (Lipinski definition) is 3. The molecule has 1 fully saturated rings. The molecule has 17 heavy (non-hydrogen) atoms. The Labute approximate surface area is 113 Å². The predicted octanol–water partition coefficient (Wildman–Crippen LogP) is 1.84. The molecule has 3 rings (SSSR count). The number of rotatable bonds is 0. The van der Waals surface area contributed by atoms with Crippen LogP contribution in [0.15, 0.2) is 12.3 Å². The van der Waals surface area contributed by atoms with Gasteiger partial charge in [0.05, 0.1) is 9.49 Å². The van der Waals surface area contributed by atoms with Crippen molar-refractivity contribution in [3.05, 3.63) is 23.4 Å². The lowest BCUT2D eigenvalue weighted by atomic mass is 10.1. The maximum atomic E-state index is 12.1. The van der Waals surface area contributed by atoms with Gasteiger partial charge in [-0.05, 0) is 29.9 Å². The number of carbonyl (C=O) groups is 1. The molecule has 0 N–H and O–H groups in total. The molecule has 0 radical (unpaired) electrons. The fraction of sp³-hybridized carbons (Fsp3) is 0.417. The third kappa shape index (κ3) is 1.54. The maximum absolute atomic E-state index is 12.1. The molecule has 1 aliphatic heterocycles. The number of alkyl halides is 1. The lowest BCUT2D eigenvalue weighted by Crippen LogP contribution is -2.34. The van der Waals surface area contributed by atoms with Gasteiger partial charge in [0, 0.05) is 13.2 Å². The summed E-state index contributed by atoms with van der Waals surface area (Å²) >= 11 is 2.22. The van der Waals surface area contributed by atoms with Gasteiger partial charge in [0.15, 0.2) is 0 Å².